The maximum Gasteiger partial charge on any atom is 0.227 e. The molecule has 3 aromatic rings. The molecule has 1 fully saturated rings. The molecule has 1 aliphatic rings. The van der Waals surface area contributed by atoms with Gasteiger partial charge in [-0.15, -0.1) is 10.2 Å². The number of benzene rings is 1. The number of carbonyl (C=O) groups is 1. The molecule has 1 aliphatic heterocycles. The van der Waals surface area contributed by atoms with E-state index in [0.717, 1.165) is 49.0 Å². The molecule has 7 nitrogen and oxygen atoms in total. The van der Waals surface area contributed by atoms with Crippen LogP contribution in [0.25, 0.3) is 11.4 Å². The van der Waals surface area contributed by atoms with E-state index in [4.69, 9.17) is 10.2 Å². The zero-order valence-electron chi connectivity index (χ0n) is 16.0. The van der Waals surface area contributed by atoms with Gasteiger partial charge in [0.1, 0.15) is 12.0 Å². The van der Waals surface area contributed by atoms with Crippen molar-refractivity contribution in [1.82, 2.24) is 14.8 Å². The first kappa shape index (κ1) is 18.3. The summed E-state index contributed by atoms with van der Waals surface area (Å²) in [6.45, 7) is 4.29. The van der Waals surface area contributed by atoms with E-state index in [1.807, 2.05) is 31.2 Å². The van der Waals surface area contributed by atoms with Crippen molar-refractivity contribution >= 4 is 11.9 Å². The van der Waals surface area contributed by atoms with E-state index in [0.29, 0.717) is 18.9 Å². The van der Waals surface area contributed by atoms with Crippen molar-refractivity contribution in [2.45, 2.75) is 32.7 Å². The third kappa shape index (κ3) is 3.93. The van der Waals surface area contributed by atoms with Gasteiger partial charge in [0.05, 0.1) is 12.1 Å². The number of carbonyl (C=O) groups excluding carboxylic acids is 1. The van der Waals surface area contributed by atoms with Gasteiger partial charge in [0.2, 0.25) is 11.9 Å². The molecule has 0 atom stereocenters. The van der Waals surface area contributed by atoms with E-state index in [2.05, 4.69) is 31.8 Å². The van der Waals surface area contributed by atoms with Crippen molar-refractivity contribution in [2.24, 2.45) is 11.7 Å². The Balaban J connectivity index is 1.62. The van der Waals surface area contributed by atoms with Crippen LogP contribution in [0.1, 0.15) is 30.6 Å². The summed E-state index contributed by atoms with van der Waals surface area (Å²) in [6, 6.07) is 12.3. The monoisotopic (exact) mass is 379 g/mol. The average molecular weight is 379 g/mol. The molecule has 0 unspecified atom stereocenters. The summed E-state index contributed by atoms with van der Waals surface area (Å²) in [6.07, 6.45) is 4.05. The molecule has 2 N–H and O–H groups in total. The molecule has 146 valence electrons. The van der Waals surface area contributed by atoms with Crippen LogP contribution in [0.5, 0.6) is 0 Å². The molecule has 0 bridgehead atoms. The van der Waals surface area contributed by atoms with Gasteiger partial charge in [0.15, 0.2) is 5.82 Å². The fourth-order valence-electron chi connectivity index (χ4n) is 3.84. The number of nitrogens with zero attached hydrogens (tertiary/aromatic N) is 4. The number of primary amides is 1. The molecule has 7 heteroatoms. The quantitative estimate of drug-likeness (QED) is 0.711. The minimum Gasteiger partial charge on any atom is -0.469 e. The molecule has 2 aromatic heterocycles. The number of aromatic nitrogens is 3. The molecule has 0 aliphatic carbocycles. The van der Waals surface area contributed by atoms with Crippen molar-refractivity contribution in [3.05, 3.63) is 54.0 Å². The first-order chi connectivity index (χ1) is 13.6. The van der Waals surface area contributed by atoms with Crippen LogP contribution in [0.3, 0.4) is 0 Å². The molecule has 0 spiro atoms. The lowest BCUT2D eigenvalue weighted by Gasteiger charge is -2.32. The van der Waals surface area contributed by atoms with E-state index in [9.17, 15) is 4.79 Å². The highest BCUT2D eigenvalue weighted by molar-refractivity contribution is 5.74. The van der Waals surface area contributed by atoms with Crippen LogP contribution in [0.2, 0.25) is 0 Å². The highest BCUT2D eigenvalue weighted by Crippen LogP contribution is 2.29. The Morgan fingerprint density at radius 2 is 1.96 bits per heavy atom. The van der Waals surface area contributed by atoms with Crippen LogP contribution in [-0.4, -0.2) is 33.8 Å². The first-order valence-corrected chi connectivity index (χ1v) is 9.66. The molecule has 1 aromatic carbocycles. The summed E-state index contributed by atoms with van der Waals surface area (Å²) in [5, 5.41) is 8.99. The average Bonchev–Trinajstić information content (AvgIpc) is 3.29. The van der Waals surface area contributed by atoms with Gasteiger partial charge in [-0.1, -0.05) is 30.3 Å². The van der Waals surface area contributed by atoms with Gasteiger partial charge in [-0.3, -0.25) is 9.36 Å². The van der Waals surface area contributed by atoms with E-state index in [-0.39, 0.29) is 5.91 Å². The fraction of sp³-hybridized carbons (Fsp3) is 0.381. The molecule has 3 heterocycles. The highest BCUT2D eigenvalue weighted by atomic mass is 16.3. The van der Waals surface area contributed by atoms with Crippen LogP contribution in [0, 0.1) is 12.8 Å². The summed E-state index contributed by atoms with van der Waals surface area (Å²) in [5.41, 5.74) is 7.48. The number of amides is 1. The minimum absolute atomic E-state index is 0.219. The number of hydrogen-bond donors (Lipinski definition) is 1. The van der Waals surface area contributed by atoms with Crippen molar-refractivity contribution in [3.8, 4) is 11.4 Å². The summed E-state index contributed by atoms with van der Waals surface area (Å²) < 4.78 is 7.64. The molecular weight excluding hydrogens is 354 g/mol. The predicted octanol–water partition coefficient (Wildman–Crippen LogP) is 2.99. The summed E-state index contributed by atoms with van der Waals surface area (Å²) in [7, 11) is 0. The Bertz CT molecular complexity index is 939. The number of rotatable bonds is 6. The Labute approximate surface area is 164 Å². The molecule has 4 rings (SSSR count). The second kappa shape index (κ2) is 7.88. The molecule has 0 radical (unpaired) electrons. The number of piperidine rings is 1. The van der Waals surface area contributed by atoms with E-state index < -0.39 is 0 Å². The van der Waals surface area contributed by atoms with Gasteiger partial charge in [0, 0.05) is 19.5 Å². The molecule has 0 saturated carbocycles. The summed E-state index contributed by atoms with van der Waals surface area (Å²) >= 11 is 0. The van der Waals surface area contributed by atoms with Gasteiger partial charge in [0.25, 0.3) is 0 Å². The number of hydrogen-bond acceptors (Lipinski definition) is 5. The topological polar surface area (TPSA) is 90.2 Å². The smallest absolute Gasteiger partial charge is 0.227 e. The molecular formula is C21H25N5O2. The Hall–Kier alpha value is -3.09. The van der Waals surface area contributed by atoms with Crippen LogP contribution < -0.4 is 10.6 Å². The Morgan fingerprint density at radius 3 is 2.61 bits per heavy atom. The Morgan fingerprint density at radius 1 is 1.21 bits per heavy atom. The number of aryl methyl sites for hydroxylation is 1. The van der Waals surface area contributed by atoms with Gasteiger partial charge in [-0.05, 0) is 37.3 Å². The zero-order valence-corrected chi connectivity index (χ0v) is 16.0. The van der Waals surface area contributed by atoms with E-state index in [1.54, 1.807) is 6.26 Å². The van der Waals surface area contributed by atoms with E-state index >= 15 is 0 Å². The zero-order chi connectivity index (χ0) is 19.5. The van der Waals surface area contributed by atoms with Crippen molar-refractivity contribution < 1.29 is 9.21 Å². The fourth-order valence-corrected chi connectivity index (χ4v) is 3.84. The number of anilines is 1. The van der Waals surface area contributed by atoms with Crippen LogP contribution in [-0.2, 0) is 11.3 Å². The summed E-state index contributed by atoms with van der Waals surface area (Å²) in [4.78, 5) is 13.5. The highest BCUT2D eigenvalue weighted by Gasteiger charge is 2.26. The van der Waals surface area contributed by atoms with Crippen LogP contribution in [0.4, 0.5) is 5.95 Å². The molecule has 1 saturated heterocycles. The van der Waals surface area contributed by atoms with Gasteiger partial charge in [-0.2, -0.15) is 0 Å². The lowest BCUT2D eigenvalue weighted by atomic mass is 9.93. The van der Waals surface area contributed by atoms with Crippen LogP contribution >= 0.6 is 0 Å². The number of furan rings is 1. The normalized spacial score (nSPS) is 15.1. The third-order valence-corrected chi connectivity index (χ3v) is 5.29. The number of nitrogens with two attached hydrogens (primary N) is 1. The van der Waals surface area contributed by atoms with Gasteiger partial charge < -0.3 is 15.1 Å². The predicted molar refractivity (Wildman–Crippen MR) is 107 cm³/mol. The molecule has 1 amide bonds. The third-order valence-electron chi connectivity index (χ3n) is 5.29. The van der Waals surface area contributed by atoms with Gasteiger partial charge >= 0.3 is 0 Å². The van der Waals surface area contributed by atoms with Crippen molar-refractivity contribution in [2.75, 3.05) is 18.0 Å². The maximum absolute atomic E-state index is 11.2. The maximum atomic E-state index is 11.2. The molecule has 28 heavy (non-hydrogen) atoms. The second-order valence-corrected chi connectivity index (χ2v) is 7.44. The Kier molecular flexibility index (Phi) is 5.14. The lowest BCUT2D eigenvalue weighted by Crippen LogP contribution is -2.36. The first-order valence-electron chi connectivity index (χ1n) is 9.66. The summed E-state index contributed by atoms with van der Waals surface area (Å²) in [5.74, 6) is 2.64. The largest absolute Gasteiger partial charge is 0.469 e. The lowest BCUT2D eigenvalue weighted by molar-refractivity contribution is -0.119. The SMILES string of the molecule is Cc1cc(-c2nnc(N3CCC(CC(N)=O)CC3)n2Cc2ccccc2)co1. The standard InChI is InChI=1S/C21H25N5O2/c1-15-11-18(14-28-15)20-23-24-21(26(20)13-17-5-3-2-4-6-17)25-9-7-16(8-10-25)12-19(22)27/h2-6,11,14,16H,7-10,12-13H2,1H3,(H2,22,27). The van der Waals surface area contributed by atoms with Crippen molar-refractivity contribution in [1.29, 1.82) is 0 Å². The van der Waals surface area contributed by atoms with Crippen molar-refractivity contribution in [3.63, 3.8) is 0 Å². The second-order valence-electron chi connectivity index (χ2n) is 7.44. The van der Waals surface area contributed by atoms with Gasteiger partial charge in [-0.25, -0.2) is 0 Å². The minimum atomic E-state index is -0.219. The van der Waals surface area contributed by atoms with E-state index in [1.165, 1.54) is 5.56 Å². The van der Waals surface area contributed by atoms with Crippen LogP contribution in [0.15, 0.2) is 47.1 Å².